The minimum Gasteiger partial charge on any atom is -0.506 e. The molecule has 12 heterocycles. The number of ketones is 1. The van der Waals surface area contributed by atoms with Crippen LogP contribution in [0.4, 0.5) is 23.4 Å². The molecule has 0 bridgehead atoms. The summed E-state index contributed by atoms with van der Waals surface area (Å²) in [6.45, 7) is 0.619. The van der Waals surface area contributed by atoms with Gasteiger partial charge < -0.3 is 49.1 Å². The molecule has 7 aliphatic rings. The molecule has 6 N–H and O–H groups in total. The predicted octanol–water partition coefficient (Wildman–Crippen LogP) is 10.4. The Kier molecular flexibility index (Phi) is 23.3. The summed E-state index contributed by atoms with van der Waals surface area (Å²) in [5.74, 6) is 9.39. The van der Waals surface area contributed by atoms with Crippen LogP contribution in [-0.4, -0.2) is 168 Å². The number of anilines is 1. The molecular weight excluding hydrogens is 1650 g/mol. The van der Waals surface area contributed by atoms with Gasteiger partial charge in [-0.25, -0.2) is 32.5 Å². The van der Waals surface area contributed by atoms with Crippen molar-refractivity contribution in [2.24, 2.45) is 16.2 Å². The van der Waals surface area contributed by atoms with E-state index in [1.165, 1.54) is 72.4 Å². The Balaban J connectivity index is 0.000000141. The van der Waals surface area contributed by atoms with Crippen molar-refractivity contribution in [3.8, 4) is 126 Å². The molecule has 0 aliphatic carbocycles. The molecule has 3 atom stereocenters. The van der Waals surface area contributed by atoms with Gasteiger partial charge in [0.1, 0.15) is 68.0 Å². The van der Waals surface area contributed by atoms with Crippen molar-refractivity contribution in [2.45, 2.75) is 51.7 Å². The van der Waals surface area contributed by atoms with E-state index in [1.807, 2.05) is 11.0 Å². The minimum absolute atomic E-state index is 0.00101. The van der Waals surface area contributed by atoms with Crippen LogP contribution in [0.3, 0.4) is 0 Å². The maximum atomic E-state index is 15.4. The van der Waals surface area contributed by atoms with Crippen molar-refractivity contribution in [3.63, 3.8) is 0 Å². The van der Waals surface area contributed by atoms with Crippen LogP contribution >= 0.6 is 0 Å². The van der Waals surface area contributed by atoms with Crippen LogP contribution in [0.1, 0.15) is 96.6 Å². The zero-order chi connectivity index (χ0) is 90.0. The highest BCUT2D eigenvalue weighted by molar-refractivity contribution is 6.11. The predicted molar refractivity (Wildman–Crippen MR) is 451 cm³/mol. The van der Waals surface area contributed by atoms with Gasteiger partial charge >= 0.3 is 0 Å². The van der Waals surface area contributed by atoms with E-state index in [-0.39, 0.29) is 132 Å². The van der Waals surface area contributed by atoms with Crippen LogP contribution in [0, 0.1) is 75.0 Å². The fourth-order valence-corrected chi connectivity index (χ4v) is 16.0. The number of benzene rings is 6. The van der Waals surface area contributed by atoms with E-state index in [0.717, 1.165) is 11.6 Å². The summed E-state index contributed by atoms with van der Waals surface area (Å²) in [6.07, 6.45) is 6.67. The molecule has 5 aromatic heterocycles. The molecule has 32 heteroatoms. The number of carbonyl (C=O) groups is 10. The summed E-state index contributed by atoms with van der Waals surface area (Å²) in [7, 11) is 3.91. The van der Waals surface area contributed by atoms with E-state index < -0.39 is 92.7 Å². The molecule has 0 saturated carbocycles. The topological polar surface area (TPSA) is 373 Å². The van der Waals surface area contributed by atoms with E-state index in [1.54, 1.807) is 140 Å². The Morgan fingerprint density at radius 3 is 1.15 bits per heavy atom. The summed E-state index contributed by atoms with van der Waals surface area (Å²) in [4.78, 5) is 154. The normalized spacial score (nSPS) is 18.2. The van der Waals surface area contributed by atoms with Crippen LogP contribution in [0.15, 0.2) is 189 Å². The number of nitrogens with zero attached hydrogens (tertiary/aromatic N) is 9. The Morgan fingerprint density at radius 2 is 0.781 bits per heavy atom. The largest absolute Gasteiger partial charge is 0.506 e. The third-order valence-electron chi connectivity index (χ3n) is 22.7. The zero-order valence-corrected chi connectivity index (χ0v) is 68.3. The maximum absolute atomic E-state index is 15.4. The van der Waals surface area contributed by atoms with Crippen molar-refractivity contribution in [3.05, 3.63) is 262 Å². The van der Waals surface area contributed by atoms with Gasteiger partial charge in [-0.1, -0.05) is 78.0 Å². The number of rotatable bonds is 15. The summed E-state index contributed by atoms with van der Waals surface area (Å²) < 4.78 is 74.9. The molecule has 9 amide bonds. The summed E-state index contributed by atoms with van der Waals surface area (Å²) in [6, 6.07) is 43.6. The maximum Gasteiger partial charge on any atom is 0.257 e. The first kappa shape index (κ1) is 85.1. The Morgan fingerprint density at radius 1 is 0.414 bits per heavy atom. The van der Waals surface area contributed by atoms with Crippen molar-refractivity contribution in [2.75, 3.05) is 59.0 Å². The number of hydrogen-bond acceptors (Lipinski definition) is 22. The number of nitrogens with one attached hydrogen (secondary N) is 3. The van der Waals surface area contributed by atoms with Gasteiger partial charge in [0, 0.05) is 134 Å². The number of Topliss-reactive ketones (excluding diaryl/α,β-unsaturated/α-hetero) is 1. The number of pyridine rings is 5. The van der Waals surface area contributed by atoms with Crippen LogP contribution in [-0.2, 0) is 53.2 Å². The lowest BCUT2D eigenvalue weighted by molar-refractivity contribution is -0.128. The standard InChI is InChI=1S/C32H22F2N4O5.C32H27FN4O6.C32H23FN4O5/c1-43-25-9-5-20-16-38(30(41)27(20)28(25)34)17-32(14-26(40)37-31(32)42)11-10-18-4-6-21(22(33)13-18)29-24(39)8-7-23(36-29)19-3-2-12-35-15-19;1-43-24-8-6-21-17-37(30(41)27(21)28(24)33)18-32(16-26(40)35-31(32)42)13-10-19-2-4-20(5-3-19)29-23(39)7-9-25(34-29)36-14-11-22(38)12-15-36;1-42-25-11-8-22-17-37(30(40)27(22)28(25)33)18-32(15-26(39)36-31(32)41)13-12-19-4-6-20(7-5-19)29-24(38)10-9-23(35-29)21-3-2-14-34-16-21/h2-9,12-13,15,39H,14,16-17H2,1H3,(H,37,40,42);2-9,39H,11-12,14-18H2,1H3,(H,35,40,42);2-11,14,16,38H,15,17-18H2,1H3,(H,36,39,41)/t3*32-/m111/s1. The number of aromatic nitrogens is 5. The van der Waals surface area contributed by atoms with Crippen LogP contribution < -0.4 is 35.1 Å². The molecule has 0 unspecified atom stereocenters. The molecule has 0 radical (unpaired) electrons. The smallest absolute Gasteiger partial charge is 0.257 e. The number of aromatic hydroxyl groups is 3. The summed E-state index contributed by atoms with van der Waals surface area (Å²) in [5.41, 5.74) is 2.26. The van der Waals surface area contributed by atoms with Crippen LogP contribution in [0.5, 0.6) is 34.5 Å². The summed E-state index contributed by atoms with van der Waals surface area (Å²) >= 11 is 0. The van der Waals surface area contributed by atoms with Gasteiger partial charge in [0.25, 0.3) is 17.7 Å². The third-order valence-corrected chi connectivity index (χ3v) is 22.7. The van der Waals surface area contributed by atoms with Gasteiger partial charge in [0.05, 0.1) is 68.7 Å². The molecule has 28 nitrogen and oxygen atoms in total. The third kappa shape index (κ3) is 16.9. The lowest BCUT2D eigenvalue weighted by atomic mass is 9.85. The van der Waals surface area contributed by atoms with Crippen LogP contribution in [0.25, 0.3) is 56.3 Å². The fourth-order valence-electron chi connectivity index (χ4n) is 16.0. The number of amides is 9. The number of hydrogen-bond donors (Lipinski definition) is 6. The summed E-state index contributed by atoms with van der Waals surface area (Å²) in [5, 5.41) is 38.2. The number of methoxy groups -OCH3 is 3. The van der Waals surface area contributed by atoms with Gasteiger partial charge in [0.2, 0.25) is 35.4 Å². The van der Waals surface area contributed by atoms with Crippen molar-refractivity contribution in [1.82, 2.24) is 55.6 Å². The van der Waals surface area contributed by atoms with Gasteiger partial charge in [-0.05, 0) is 138 Å². The van der Waals surface area contributed by atoms with Gasteiger partial charge in [-0.15, -0.1) is 0 Å². The highest BCUT2D eigenvalue weighted by atomic mass is 19.1. The average molecular weight is 1730 g/mol. The minimum atomic E-state index is -1.64. The molecule has 7 aliphatic heterocycles. The van der Waals surface area contributed by atoms with Crippen LogP contribution in [0.2, 0.25) is 0 Å². The first-order valence-corrected chi connectivity index (χ1v) is 39.9. The fraction of sp³-hybridized carbons (Fsp3) is 0.198. The zero-order valence-electron chi connectivity index (χ0n) is 68.3. The van der Waals surface area contributed by atoms with Crippen molar-refractivity contribution in [1.29, 1.82) is 0 Å². The monoisotopic (exact) mass is 1720 g/mol. The molecule has 11 aromatic rings. The average Bonchev–Trinajstić information content (AvgIpc) is 1.61. The van der Waals surface area contributed by atoms with Crippen molar-refractivity contribution >= 4 is 64.8 Å². The number of piperidine rings is 1. The SMILES string of the molecule is COc1ccc2c(c1F)C(=O)N(C[C@@]1(C#Cc3ccc(-c4nc(-c5cccnc5)ccc4O)c(F)c3)CC(=O)NC1=O)C2.COc1ccc2c(c1F)C(=O)N(C[C@@]1(C#Cc3ccc(-c4nc(-c5cccnc5)ccc4O)cc3)CC(=O)NC1=O)C2.COc1ccc2c(c1F)C(=O)N(C[C@@]1(C#Cc3ccc(-c4nc(N5CCC(=O)CC5)ccc4O)cc3)CC(=O)NC1=O)C2. The number of fused-ring (bicyclic) bond motifs is 3. The first-order valence-electron chi connectivity index (χ1n) is 39.9. The highest BCUT2D eigenvalue weighted by Gasteiger charge is 2.52. The number of halogens is 4. The quantitative estimate of drug-likeness (QED) is 0.0315. The van der Waals surface area contributed by atoms with E-state index in [2.05, 4.69) is 76.4 Å². The second-order valence-corrected chi connectivity index (χ2v) is 31.0. The van der Waals surface area contributed by atoms with E-state index in [4.69, 9.17) is 14.2 Å². The molecule has 18 rings (SSSR count). The van der Waals surface area contributed by atoms with E-state index >= 15 is 4.39 Å². The number of ether oxygens (including phenoxy) is 3. The second-order valence-electron chi connectivity index (χ2n) is 31.0. The molecule has 4 saturated heterocycles. The Labute approximate surface area is 727 Å². The lowest BCUT2D eigenvalue weighted by Gasteiger charge is -2.27. The Hall–Kier alpha value is -16.4. The molecule has 128 heavy (non-hydrogen) atoms. The number of imide groups is 3. The first-order chi connectivity index (χ1) is 61.6. The molecule has 0 spiro atoms. The number of carbonyl (C=O) groups excluding carboxylic acids is 10. The second kappa shape index (κ2) is 35.1. The van der Waals surface area contributed by atoms with Gasteiger partial charge in [-0.3, -0.25) is 73.9 Å². The van der Waals surface area contributed by atoms with E-state index in [9.17, 15) is 76.4 Å². The van der Waals surface area contributed by atoms with Crippen molar-refractivity contribution < 1.29 is 95.0 Å². The molecule has 6 aromatic carbocycles. The van der Waals surface area contributed by atoms with E-state index in [0.29, 0.717) is 99.0 Å². The molecule has 4 fully saturated rings. The van der Waals surface area contributed by atoms with Gasteiger partial charge in [0.15, 0.2) is 34.7 Å². The highest BCUT2D eigenvalue weighted by Crippen LogP contribution is 2.42. The lowest BCUT2D eigenvalue weighted by Crippen LogP contribution is -2.42. The molecule has 640 valence electrons. The van der Waals surface area contributed by atoms with Gasteiger partial charge in [-0.2, -0.15) is 0 Å². The Bertz CT molecular complexity index is 6700. The molecular formula is C96H72F4N12O16.